The summed E-state index contributed by atoms with van der Waals surface area (Å²) in [4.78, 5) is 17.1. The van der Waals surface area contributed by atoms with Crippen molar-refractivity contribution in [1.29, 1.82) is 0 Å². The molecule has 2 aromatic rings. The minimum absolute atomic E-state index is 0.0430. The summed E-state index contributed by atoms with van der Waals surface area (Å²) in [7, 11) is 1.64. The first-order valence-corrected chi connectivity index (χ1v) is 9.35. The van der Waals surface area contributed by atoms with Crippen LogP contribution < -0.4 is 10.1 Å². The van der Waals surface area contributed by atoms with Crippen molar-refractivity contribution in [1.82, 2.24) is 20.3 Å². The van der Waals surface area contributed by atoms with Crippen molar-refractivity contribution < 1.29 is 14.1 Å². The molecule has 3 rings (SSSR count). The van der Waals surface area contributed by atoms with Crippen molar-refractivity contribution in [2.75, 3.05) is 33.3 Å². The van der Waals surface area contributed by atoms with Crippen molar-refractivity contribution in [3.05, 3.63) is 47.3 Å². The average molecular weight is 372 g/mol. The van der Waals surface area contributed by atoms with Crippen LogP contribution in [0.5, 0.6) is 5.75 Å². The molecule has 0 aliphatic carbocycles. The number of aromatic nitrogens is 1. The van der Waals surface area contributed by atoms with E-state index in [1.165, 1.54) is 0 Å². The fraction of sp³-hybridized carbons (Fsp3) is 0.500. The molecule has 1 fully saturated rings. The minimum Gasteiger partial charge on any atom is -0.496 e. The molecule has 0 bridgehead atoms. The number of aryl methyl sites for hydroxylation is 1. The van der Waals surface area contributed by atoms with Gasteiger partial charge in [0.25, 0.3) is 0 Å². The van der Waals surface area contributed by atoms with Gasteiger partial charge >= 0.3 is 0 Å². The molecule has 0 saturated carbocycles. The molecule has 1 saturated heterocycles. The van der Waals surface area contributed by atoms with Crippen LogP contribution in [-0.4, -0.2) is 60.2 Å². The molecule has 1 aromatic heterocycles. The summed E-state index contributed by atoms with van der Waals surface area (Å²) in [6, 6.07) is 9.56. The maximum atomic E-state index is 12.6. The zero-order valence-electron chi connectivity index (χ0n) is 16.3. The van der Waals surface area contributed by atoms with Crippen LogP contribution in [-0.2, 0) is 17.9 Å². The highest BCUT2D eigenvalue weighted by Gasteiger charge is 2.25. The van der Waals surface area contributed by atoms with Crippen LogP contribution in [0.4, 0.5) is 0 Å². The third-order valence-electron chi connectivity index (χ3n) is 5.04. The number of ether oxygens (including phenoxy) is 1. The molecule has 1 N–H and O–H groups in total. The fourth-order valence-corrected chi connectivity index (χ4v) is 3.38. The Morgan fingerprint density at radius 2 is 2.04 bits per heavy atom. The van der Waals surface area contributed by atoms with E-state index in [0.29, 0.717) is 6.54 Å². The Bertz CT molecular complexity index is 753. The van der Waals surface area contributed by atoms with Crippen LogP contribution >= 0.6 is 0 Å². The monoisotopic (exact) mass is 372 g/mol. The van der Waals surface area contributed by atoms with Crippen molar-refractivity contribution in [3.8, 4) is 5.75 Å². The van der Waals surface area contributed by atoms with Crippen molar-refractivity contribution >= 4 is 5.91 Å². The minimum atomic E-state index is -0.156. The number of hydrogen-bond acceptors (Lipinski definition) is 6. The number of carbonyl (C=O) groups excluding carboxylic acids is 1. The van der Waals surface area contributed by atoms with Gasteiger partial charge in [-0.15, -0.1) is 0 Å². The number of benzene rings is 1. The van der Waals surface area contributed by atoms with E-state index in [1.807, 2.05) is 44.2 Å². The Morgan fingerprint density at radius 1 is 1.30 bits per heavy atom. The third-order valence-corrected chi connectivity index (χ3v) is 5.04. The van der Waals surface area contributed by atoms with Gasteiger partial charge in [-0.25, -0.2) is 0 Å². The smallest absolute Gasteiger partial charge is 0.237 e. The number of methoxy groups -OCH3 is 1. The van der Waals surface area contributed by atoms with Gasteiger partial charge in [-0.05, 0) is 19.9 Å². The molecule has 0 spiro atoms. The maximum Gasteiger partial charge on any atom is 0.237 e. The number of nitrogens with one attached hydrogen (secondary N) is 1. The molecule has 0 radical (unpaired) electrons. The lowest BCUT2D eigenvalue weighted by Gasteiger charge is -2.37. The van der Waals surface area contributed by atoms with E-state index in [0.717, 1.165) is 55.5 Å². The molecular formula is C20H28N4O3. The van der Waals surface area contributed by atoms with Crippen molar-refractivity contribution in [2.24, 2.45) is 0 Å². The normalized spacial score (nSPS) is 16.9. The molecule has 1 aliphatic rings. The summed E-state index contributed by atoms with van der Waals surface area (Å²) in [5.74, 6) is 1.67. The van der Waals surface area contributed by atoms with Gasteiger partial charge in [-0.2, -0.15) is 0 Å². The van der Waals surface area contributed by atoms with E-state index < -0.39 is 0 Å². The molecule has 2 heterocycles. The van der Waals surface area contributed by atoms with Gasteiger partial charge in [0.1, 0.15) is 11.5 Å². The number of hydrogen-bond donors (Lipinski definition) is 1. The highest BCUT2D eigenvalue weighted by molar-refractivity contribution is 5.81. The highest BCUT2D eigenvalue weighted by Crippen LogP contribution is 2.17. The second kappa shape index (κ2) is 9.01. The number of amides is 1. The van der Waals surface area contributed by atoms with Crippen LogP contribution in [0.2, 0.25) is 0 Å². The van der Waals surface area contributed by atoms with Crippen LogP contribution in [0.25, 0.3) is 0 Å². The van der Waals surface area contributed by atoms with Gasteiger partial charge in [0, 0.05) is 50.9 Å². The Morgan fingerprint density at radius 3 is 2.70 bits per heavy atom. The molecule has 1 atom stereocenters. The predicted octanol–water partition coefficient (Wildman–Crippen LogP) is 1.81. The van der Waals surface area contributed by atoms with Gasteiger partial charge < -0.3 is 14.6 Å². The van der Waals surface area contributed by atoms with Crippen LogP contribution in [0, 0.1) is 6.92 Å². The van der Waals surface area contributed by atoms with Crippen LogP contribution in [0.1, 0.15) is 23.9 Å². The summed E-state index contributed by atoms with van der Waals surface area (Å²) in [6.45, 7) is 8.68. The van der Waals surface area contributed by atoms with Gasteiger partial charge in [-0.1, -0.05) is 23.4 Å². The maximum absolute atomic E-state index is 12.6. The second-order valence-corrected chi connectivity index (χ2v) is 6.95. The molecule has 1 unspecified atom stereocenters. The Kier molecular flexibility index (Phi) is 6.47. The lowest BCUT2D eigenvalue weighted by atomic mass is 10.1. The number of piperazine rings is 1. The Labute approximate surface area is 160 Å². The molecule has 27 heavy (non-hydrogen) atoms. The quantitative estimate of drug-likeness (QED) is 0.799. The van der Waals surface area contributed by atoms with E-state index in [-0.39, 0.29) is 11.9 Å². The summed E-state index contributed by atoms with van der Waals surface area (Å²) < 4.78 is 10.5. The van der Waals surface area contributed by atoms with Gasteiger partial charge in [0.05, 0.1) is 18.8 Å². The summed E-state index contributed by atoms with van der Waals surface area (Å²) >= 11 is 0. The Balaban J connectivity index is 1.45. The second-order valence-electron chi connectivity index (χ2n) is 6.95. The summed E-state index contributed by atoms with van der Waals surface area (Å²) in [5.41, 5.74) is 1.94. The SMILES string of the molecule is COc1ccccc1CNC(=O)C(C)N1CCN(Cc2cc(C)on2)CC1. The molecule has 1 aromatic carbocycles. The van der Waals surface area contributed by atoms with E-state index in [9.17, 15) is 4.79 Å². The lowest BCUT2D eigenvalue weighted by Crippen LogP contribution is -2.53. The van der Waals surface area contributed by atoms with E-state index in [2.05, 4.69) is 20.3 Å². The molecule has 146 valence electrons. The number of carbonyl (C=O) groups is 1. The highest BCUT2D eigenvalue weighted by atomic mass is 16.5. The first kappa shape index (κ1) is 19.4. The molecule has 1 aliphatic heterocycles. The van der Waals surface area contributed by atoms with E-state index in [1.54, 1.807) is 7.11 Å². The zero-order chi connectivity index (χ0) is 19.2. The largest absolute Gasteiger partial charge is 0.496 e. The molecular weight excluding hydrogens is 344 g/mol. The van der Waals surface area contributed by atoms with Gasteiger partial charge in [0.15, 0.2) is 0 Å². The predicted molar refractivity (Wildman–Crippen MR) is 102 cm³/mol. The molecule has 7 heteroatoms. The Hall–Kier alpha value is -2.38. The standard InChI is InChI=1S/C20H28N4O3/c1-15-12-18(22-27-15)14-23-8-10-24(11-9-23)16(2)20(25)21-13-17-6-4-5-7-19(17)26-3/h4-7,12,16H,8-11,13-14H2,1-3H3,(H,21,25). The topological polar surface area (TPSA) is 70.8 Å². The zero-order valence-corrected chi connectivity index (χ0v) is 16.3. The summed E-state index contributed by atoms with van der Waals surface area (Å²) in [6.07, 6.45) is 0. The third kappa shape index (κ3) is 5.08. The fourth-order valence-electron chi connectivity index (χ4n) is 3.38. The number of rotatable bonds is 7. The van der Waals surface area contributed by atoms with Gasteiger partial charge in [-0.3, -0.25) is 14.6 Å². The number of para-hydroxylation sites is 1. The van der Waals surface area contributed by atoms with Crippen LogP contribution in [0.15, 0.2) is 34.9 Å². The van der Waals surface area contributed by atoms with Gasteiger partial charge in [0.2, 0.25) is 5.91 Å². The first-order chi connectivity index (χ1) is 13.1. The molecule has 7 nitrogen and oxygen atoms in total. The average Bonchev–Trinajstić information content (AvgIpc) is 3.11. The summed E-state index contributed by atoms with van der Waals surface area (Å²) in [5, 5.41) is 7.08. The van der Waals surface area contributed by atoms with E-state index in [4.69, 9.17) is 9.26 Å². The molecule has 1 amide bonds. The van der Waals surface area contributed by atoms with Crippen molar-refractivity contribution in [2.45, 2.75) is 33.0 Å². The number of nitrogens with zero attached hydrogens (tertiary/aromatic N) is 3. The van der Waals surface area contributed by atoms with E-state index >= 15 is 0 Å². The first-order valence-electron chi connectivity index (χ1n) is 9.35. The lowest BCUT2D eigenvalue weighted by molar-refractivity contribution is -0.126. The van der Waals surface area contributed by atoms with Crippen molar-refractivity contribution in [3.63, 3.8) is 0 Å². The van der Waals surface area contributed by atoms with Crippen LogP contribution in [0.3, 0.4) is 0 Å².